The molecule has 0 fully saturated rings. The Morgan fingerprint density at radius 1 is 1.41 bits per heavy atom. The first-order valence-electron chi connectivity index (χ1n) is 5.49. The fourth-order valence-electron chi connectivity index (χ4n) is 1.73. The molecule has 0 aromatic carbocycles. The number of aromatic nitrogens is 2. The van der Waals surface area contributed by atoms with E-state index in [1.165, 1.54) is 0 Å². The van der Waals surface area contributed by atoms with Crippen molar-refractivity contribution in [1.82, 2.24) is 9.97 Å². The molecule has 2 aromatic rings. The number of carbonyl (C=O) groups is 1. The van der Waals surface area contributed by atoms with Crippen molar-refractivity contribution in [2.45, 2.75) is 13.8 Å². The molecule has 2 heterocycles. The molecule has 2 aromatic heterocycles. The van der Waals surface area contributed by atoms with Gasteiger partial charge >= 0.3 is 5.97 Å². The van der Waals surface area contributed by atoms with Gasteiger partial charge < -0.3 is 9.72 Å². The molecule has 88 valence electrons. The van der Waals surface area contributed by atoms with Gasteiger partial charge in [0, 0.05) is 24.2 Å². The van der Waals surface area contributed by atoms with Crippen molar-refractivity contribution in [2.75, 3.05) is 6.61 Å². The van der Waals surface area contributed by atoms with E-state index >= 15 is 0 Å². The second kappa shape index (κ2) is 4.82. The van der Waals surface area contributed by atoms with Crippen molar-refractivity contribution in [3.8, 4) is 11.3 Å². The molecule has 0 radical (unpaired) electrons. The second-order valence-electron chi connectivity index (χ2n) is 3.68. The minimum atomic E-state index is -0.293. The zero-order valence-corrected chi connectivity index (χ0v) is 9.86. The minimum absolute atomic E-state index is 0.293. The molecule has 0 saturated heterocycles. The molecular weight excluding hydrogens is 216 g/mol. The Bertz CT molecular complexity index is 517. The Labute approximate surface area is 99.7 Å². The number of hydrogen-bond donors (Lipinski definition) is 1. The van der Waals surface area contributed by atoms with Gasteiger partial charge in [0.05, 0.1) is 17.9 Å². The summed E-state index contributed by atoms with van der Waals surface area (Å²) in [5, 5.41) is 0. The van der Waals surface area contributed by atoms with Crippen LogP contribution in [0.4, 0.5) is 0 Å². The number of ether oxygens (including phenoxy) is 1. The maximum Gasteiger partial charge on any atom is 0.340 e. The Morgan fingerprint density at radius 3 is 2.76 bits per heavy atom. The van der Waals surface area contributed by atoms with Gasteiger partial charge in [-0.25, -0.2) is 4.79 Å². The lowest BCUT2D eigenvalue weighted by Crippen LogP contribution is -2.06. The van der Waals surface area contributed by atoms with E-state index in [1.807, 2.05) is 25.3 Å². The predicted octanol–water partition coefficient (Wildman–Crippen LogP) is 2.56. The van der Waals surface area contributed by atoms with Crippen molar-refractivity contribution in [3.63, 3.8) is 0 Å². The van der Waals surface area contributed by atoms with Gasteiger partial charge in [-0.05, 0) is 31.5 Å². The summed E-state index contributed by atoms with van der Waals surface area (Å²) in [6.45, 7) is 4.05. The first kappa shape index (κ1) is 11.4. The van der Waals surface area contributed by atoms with E-state index in [4.69, 9.17) is 4.74 Å². The molecule has 0 aliphatic carbocycles. The van der Waals surface area contributed by atoms with Crippen LogP contribution in [0.25, 0.3) is 11.3 Å². The van der Waals surface area contributed by atoms with E-state index in [2.05, 4.69) is 9.97 Å². The monoisotopic (exact) mass is 230 g/mol. The van der Waals surface area contributed by atoms with Crippen LogP contribution < -0.4 is 0 Å². The molecule has 0 atom stereocenters. The standard InChI is InChI=1S/C13H14N2O2/c1-3-17-13(16)11-9(2)8-15-12(11)10-4-6-14-7-5-10/h4-8,15H,3H2,1-2H3. The highest BCUT2D eigenvalue weighted by molar-refractivity contribution is 5.98. The smallest absolute Gasteiger partial charge is 0.340 e. The summed E-state index contributed by atoms with van der Waals surface area (Å²) in [6.07, 6.45) is 5.20. The number of rotatable bonds is 3. The third-order valence-corrected chi connectivity index (χ3v) is 2.53. The maximum atomic E-state index is 11.9. The average molecular weight is 230 g/mol. The van der Waals surface area contributed by atoms with Crippen LogP contribution in [0.2, 0.25) is 0 Å². The first-order valence-corrected chi connectivity index (χ1v) is 5.49. The Kier molecular flexibility index (Phi) is 3.23. The highest BCUT2D eigenvalue weighted by Crippen LogP contribution is 2.25. The molecule has 0 aliphatic rings. The van der Waals surface area contributed by atoms with Gasteiger partial charge in [-0.15, -0.1) is 0 Å². The highest BCUT2D eigenvalue weighted by Gasteiger charge is 2.18. The van der Waals surface area contributed by atoms with Crippen LogP contribution in [0, 0.1) is 6.92 Å². The molecule has 1 N–H and O–H groups in total. The molecular formula is C13H14N2O2. The highest BCUT2D eigenvalue weighted by atomic mass is 16.5. The van der Waals surface area contributed by atoms with Gasteiger partial charge in [-0.3, -0.25) is 4.98 Å². The van der Waals surface area contributed by atoms with Crippen molar-refractivity contribution < 1.29 is 9.53 Å². The van der Waals surface area contributed by atoms with E-state index in [9.17, 15) is 4.79 Å². The Morgan fingerprint density at radius 2 is 2.12 bits per heavy atom. The van der Waals surface area contributed by atoms with Gasteiger partial charge in [0.15, 0.2) is 0 Å². The van der Waals surface area contributed by atoms with Crippen LogP contribution in [0.15, 0.2) is 30.7 Å². The Balaban J connectivity index is 2.46. The molecule has 4 nitrogen and oxygen atoms in total. The largest absolute Gasteiger partial charge is 0.462 e. The molecule has 0 spiro atoms. The number of hydrogen-bond acceptors (Lipinski definition) is 3. The number of nitrogens with one attached hydrogen (secondary N) is 1. The Hall–Kier alpha value is -2.10. The molecule has 0 saturated carbocycles. The number of aryl methyl sites for hydroxylation is 1. The van der Waals surface area contributed by atoms with Gasteiger partial charge in [0.2, 0.25) is 0 Å². The van der Waals surface area contributed by atoms with Crippen molar-refractivity contribution in [1.29, 1.82) is 0 Å². The third-order valence-electron chi connectivity index (χ3n) is 2.53. The molecule has 0 bridgehead atoms. The lowest BCUT2D eigenvalue weighted by molar-refractivity contribution is 0.0527. The number of nitrogens with zero attached hydrogens (tertiary/aromatic N) is 1. The third kappa shape index (κ3) is 2.20. The van der Waals surface area contributed by atoms with Crippen LogP contribution in [0.1, 0.15) is 22.8 Å². The summed E-state index contributed by atoms with van der Waals surface area (Å²) in [5.41, 5.74) is 3.19. The van der Waals surface area contributed by atoms with Crippen molar-refractivity contribution in [3.05, 3.63) is 41.9 Å². The SMILES string of the molecule is CCOC(=O)c1c(C)c[nH]c1-c1ccncc1. The zero-order chi connectivity index (χ0) is 12.3. The number of aromatic amines is 1. The number of pyridine rings is 1. The predicted molar refractivity (Wildman–Crippen MR) is 64.7 cm³/mol. The number of H-pyrrole nitrogens is 1. The summed E-state index contributed by atoms with van der Waals surface area (Å²) in [4.78, 5) is 18.9. The maximum absolute atomic E-state index is 11.9. The van der Waals surface area contributed by atoms with E-state index in [0.717, 1.165) is 16.8 Å². The van der Waals surface area contributed by atoms with Crippen LogP contribution in [-0.4, -0.2) is 22.5 Å². The van der Waals surface area contributed by atoms with E-state index in [0.29, 0.717) is 12.2 Å². The summed E-state index contributed by atoms with van der Waals surface area (Å²) >= 11 is 0. The minimum Gasteiger partial charge on any atom is -0.462 e. The first-order chi connectivity index (χ1) is 8.24. The normalized spacial score (nSPS) is 10.2. The quantitative estimate of drug-likeness (QED) is 0.824. The molecule has 0 aliphatic heterocycles. The number of carbonyl (C=O) groups excluding carboxylic acids is 1. The second-order valence-corrected chi connectivity index (χ2v) is 3.68. The van der Waals surface area contributed by atoms with Gasteiger partial charge in [-0.2, -0.15) is 0 Å². The van der Waals surface area contributed by atoms with E-state index < -0.39 is 0 Å². The number of esters is 1. The zero-order valence-electron chi connectivity index (χ0n) is 9.86. The topological polar surface area (TPSA) is 55.0 Å². The van der Waals surface area contributed by atoms with Crippen molar-refractivity contribution in [2.24, 2.45) is 0 Å². The average Bonchev–Trinajstić information content (AvgIpc) is 2.73. The fraction of sp³-hybridized carbons (Fsp3) is 0.231. The lowest BCUT2D eigenvalue weighted by atomic mass is 10.1. The molecule has 17 heavy (non-hydrogen) atoms. The van der Waals surface area contributed by atoms with Crippen molar-refractivity contribution >= 4 is 5.97 Å². The van der Waals surface area contributed by atoms with Crippen LogP contribution in [0.3, 0.4) is 0 Å². The summed E-state index contributed by atoms with van der Waals surface area (Å²) in [6, 6.07) is 3.71. The van der Waals surface area contributed by atoms with Crippen LogP contribution >= 0.6 is 0 Å². The summed E-state index contributed by atoms with van der Waals surface area (Å²) < 4.78 is 5.05. The summed E-state index contributed by atoms with van der Waals surface area (Å²) in [7, 11) is 0. The van der Waals surface area contributed by atoms with E-state index in [-0.39, 0.29) is 5.97 Å². The molecule has 2 rings (SSSR count). The van der Waals surface area contributed by atoms with Gasteiger partial charge in [0.1, 0.15) is 0 Å². The van der Waals surface area contributed by atoms with Gasteiger partial charge in [-0.1, -0.05) is 0 Å². The van der Waals surface area contributed by atoms with Crippen LogP contribution in [-0.2, 0) is 4.74 Å². The van der Waals surface area contributed by atoms with Crippen LogP contribution in [0.5, 0.6) is 0 Å². The van der Waals surface area contributed by atoms with Gasteiger partial charge in [0.25, 0.3) is 0 Å². The molecule has 0 amide bonds. The lowest BCUT2D eigenvalue weighted by Gasteiger charge is -2.05. The molecule has 4 heteroatoms. The molecule has 0 unspecified atom stereocenters. The van der Waals surface area contributed by atoms with E-state index in [1.54, 1.807) is 19.3 Å². The fourth-order valence-corrected chi connectivity index (χ4v) is 1.73. The summed E-state index contributed by atoms with van der Waals surface area (Å²) in [5.74, 6) is -0.293.